The summed E-state index contributed by atoms with van der Waals surface area (Å²) in [6.45, 7) is 8.87. The van der Waals surface area contributed by atoms with Crippen molar-refractivity contribution < 1.29 is 23.4 Å². The summed E-state index contributed by atoms with van der Waals surface area (Å²) in [7, 11) is 0. The van der Waals surface area contributed by atoms with Crippen molar-refractivity contribution in [2.24, 2.45) is 0 Å². The van der Waals surface area contributed by atoms with E-state index in [-0.39, 0.29) is 24.2 Å². The zero-order valence-electron chi connectivity index (χ0n) is 17.3. The van der Waals surface area contributed by atoms with E-state index in [0.717, 1.165) is 0 Å². The monoisotopic (exact) mass is 444 g/mol. The van der Waals surface area contributed by atoms with Crippen molar-refractivity contribution in [2.75, 3.05) is 11.4 Å². The fraction of sp³-hybridized carbons (Fsp3) is 0.650. The van der Waals surface area contributed by atoms with Crippen LogP contribution < -0.4 is 4.90 Å². The first-order valence-corrected chi connectivity index (χ1v) is 10.2. The van der Waals surface area contributed by atoms with Crippen molar-refractivity contribution in [2.45, 2.75) is 76.3 Å². The van der Waals surface area contributed by atoms with Crippen LogP contribution in [0.15, 0.2) is 18.7 Å². The van der Waals surface area contributed by atoms with Crippen LogP contribution in [0.4, 0.5) is 19.4 Å². The molecule has 0 aromatic carbocycles. The number of hydrogen-bond acceptors (Lipinski definition) is 6. The molecule has 0 saturated carbocycles. The van der Waals surface area contributed by atoms with Gasteiger partial charge < -0.3 is 14.7 Å². The third kappa shape index (κ3) is 4.51. The van der Waals surface area contributed by atoms with Crippen molar-refractivity contribution in [1.82, 2.24) is 15.1 Å². The molecule has 0 unspecified atom stereocenters. The molecule has 1 aromatic rings. The summed E-state index contributed by atoms with van der Waals surface area (Å²) in [6.07, 6.45) is 0.859. The number of carbonyl (C=O) groups excluding carboxylic acids is 1. The zero-order chi connectivity index (χ0) is 22.3. The number of anilines is 1. The normalized spacial score (nSPS) is 25.2. The molecule has 2 aliphatic rings. The molecule has 3 heterocycles. The minimum Gasteiger partial charge on any atom is -0.444 e. The summed E-state index contributed by atoms with van der Waals surface area (Å²) < 4.78 is 35.0. The SMILES string of the molecule is C=CCN(c1nnc(Cl)cc1CO)[C@@H]1C[C@H]2CC(F)(F)[C@@H](C1)N2C(=O)OC(C)(C)C. The van der Waals surface area contributed by atoms with Gasteiger partial charge in [0.2, 0.25) is 0 Å². The number of ether oxygens (including phenoxy) is 1. The molecule has 1 aromatic heterocycles. The topological polar surface area (TPSA) is 78.8 Å². The van der Waals surface area contributed by atoms with Gasteiger partial charge in [-0.3, -0.25) is 4.90 Å². The minimum absolute atomic E-state index is 0.0335. The number of amides is 1. The standard InChI is InChI=1S/C20H27ClF2N4O3/c1-5-6-26(17-12(11-28)7-16(21)24-25-17)13-8-14-10-20(22,23)15(9-13)27(14)18(29)30-19(2,3)4/h5,7,13-15,28H,1,6,8-11H2,2-4H3/t13-,14+,15-/m1/s1. The average Bonchev–Trinajstić information content (AvgIpc) is 2.80. The maximum absolute atomic E-state index is 14.8. The van der Waals surface area contributed by atoms with Crippen molar-refractivity contribution >= 4 is 23.5 Å². The summed E-state index contributed by atoms with van der Waals surface area (Å²) in [5.74, 6) is -2.64. The highest BCUT2D eigenvalue weighted by Gasteiger charge is 2.60. The maximum Gasteiger partial charge on any atom is 0.411 e. The number of alkyl halides is 2. The summed E-state index contributed by atoms with van der Waals surface area (Å²) in [5.41, 5.74) is -0.322. The van der Waals surface area contributed by atoms with Crippen LogP contribution in [0.25, 0.3) is 0 Å². The molecule has 1 amide bonds. The Morgan fingerprint density at radius 3 is 2.73 bits per heavy atom. The number of aliphatic hydroxyl groups excluding tert-OH is 1. The van der Waals surface area contributed by atoms with E-state index in [4.69, 9.17) is 16.3 Å². The lowest BCUT2D eigenvalue weighted by Gasteiger charge is -2.43. The van der Waals surface area contributed by atoms with Crippen molar-refractivity contribution in [1.29, 1.82) is 0 Å². The van der Waals surface area contributed by atoms with E-state index in [2.05, 4.69) is 16.8 Å². The largest absolute Gasteiger partial charge is 0.444 e. The smallest absolute Gasteiger partial charge is 0.411 e. The highest BCUT2D eigenvalue weighted by molar-refractivity contribution is 6.29. The molecular formula is C20H27ClF2N4O3. The first-order chi connectivity index (χ1) is 14.0. The summed E-state index contributed by atoms with van der Waals surface area (Å²) >= 11 is 5.88. The maximum atomic E-state index is 14.8. The van der Waals surface area contributed by atoms with Gasteiger partial charge in [0, 0.05) is 30.6 Å². The van der Waals surface area contributed by atoms with Gasteiger partial charge in [-0.1, -0.05) is 17.7 Å². The molecule has 166 valence electrons. The van der Waals surface area contributed by atoms with Gasteiger partial charge in [0.05, 0.1) is 6.61 Å². The predicted octanol–water partition coefficient (Wildman–Crippen LogP) is 3.79. The molecule has 0 aliphatic carbocycles. The molecule has 10 heteroatoms. The van der Waals surface area contributed by atoms with Gasteiger partial charge in [0.15, 0.2) is 11.0 Å². The van der Waals surface area contributed by atoms with Crippen LogP contribution in [0.5, 0.6) is 0 Å². The number of halogens is 3. The van der Waals surface area contributed by atoms with Crippen molar-refractivity contribution in [3.8, 4) is 0 Å². The molecule has 2 bridgehead atoms. The van der Waals surface area contributed by atoms with Gasteiger partial charge in [-0.05, 0) is 39.7 Å². The number of rotatable bonds is 5. The third-order valence-electron chi connectivity index (χ3n) is 5.40. The molecular weight excluding hydrogens is 418 g/mol. The number of fused-ring (bicyclic) bond motifs is 2. The van der Waals surface area contributed by atoms with Gasteiger partial charge in [-0.15, -0.1) is 16.8 Å². The Labute approximate surface area is 179 Å². The third-order valence-corrected chi connectivity index (χ3v) is 5.58. The second-order valence-corrected chi connectivity index (χ2v) is 9.15. The van der Waals surface area contributed by atoms with Crippen molar-refractivity contribution in [3.05, 3.63) is 29.4 Å². The summed E-state index contributed by atoms with van der Waals surface area (Å²) in [6, 6.07) is -0.783. The van der Waals surface area contributed by atoms with Crippen LogP contribution in [0, 0.1) is 0 Å². The van der Waals surface area contributed by atoms with Crippen LogP contribution in [-0.2, 0) is 11.3 Å². The number of aromatic nitrogens is 2. The molecule has 0 spiro atoms. The Kier molecular flexibility index (Phi) is 6.25. The van der Waals surface area contributed by atoms with E-state index < -0.39 is 36.1 Å². The van der Waals surface area contributed by atoms with E-state index in [1.54, 1.807) is 31.7 Å². The van der Waals surface area contributed by atoms with Crippen molar-refractivity contribution in [3.63, 3.8) is 0 Å². The van der Waals surface area contributed by atoms with Crippen LogP contribution in [0.1, 0.15) is 45.6 Å². The van der Waals surface area contributed by atoms with Gasteiger partial charge in [0.25, 0.3) is 5.92 Å². The molecule has 2 fully saturated rings. The molecule has 30 heavy (non-hydrogen) atoms. The van der Waals surface area contributed by atoms with E-state index in [0.29, 0.717) is 24.3 Å². The zero-order valence-corrected chi connectivity index (χ0v) is 18.1. The Bertz CT molecular complexity index is 818. The lowest BCUT2D eigenvalue weighted by molar-refractivity contribution is -0.0493. The van der Waals surface area contributed by atoms with Crippen LogP contribution in [0.3, 0.4) is 0 Å². The number of piperidine rings is 1. The summed E-state index contributed by atoms with van der Waals surface area (Å²) in [5, 5.41) is 17.8. The molecule has 3 rings (SSSR count). The first kappa shape index (κ1) is 22.7. The predicted molar refractivity (Wildman–Crippen MR) is 109 cm³/mol. The van der Waals surface area contributed by atoms with Gasteiger partial charge in [-0.2, -0.15) is 0 Å². The fourth-order valence-electron chi connectivity index (χ4n) is 4.31. The highest BCUT2D eigenvalue weighted by Crippen LogP contribution is 2.47. The highest BCUT2D eigenvalue weighted by atomic mass is 35.5. The number of aliphatic hydroxyl groups is 1. The van der Waals surface area contributed by atoms with E-state index in [9.17, 15) is 18.7 Å². The van der Waals surface area contributed by atoms with Gasteiger partial charge in [0.1, 0.15) is 11.6 Å². The second-order valence-electron chi connectivity index (χ2n) is 8.76. The quantitative estimate of drug-likeness (QED) is 0.696. The molecule has 7 nitrogen and oxygen atoms in total. The summed E-state index contributed by atoms with van der Waals surface area (Å²) in [4.78, 5) is 15.6. The molecule has 1 N–H and O–H groups in total. The van der Waals surface area contributed by atoms with Crippen LogP contribution in [-0.4, -0.2) is 62.5 Å². The average molecular weight is 445 g/mol. The Morgan fingerprint density at radius 2 is 2.17 bits per heavy atom. The molecule has 2 aliphatic heterocycles. The van der Waals surface area contributed by atoms with E-state index in [1.165, 1.54) is 11.0 Å². The van der Waals surface area contributed by atoms with Crippen LogP contribution in [0.2, 0.25) is 5.15 Å². The van der Waals surface area contributed by atoms with Gasteiger partial charge in [-0.25, -0.2) is 13.6 Å². The first-order valence-electron chi connectivity index (χ1n) is 9.86. The number of carbonyl (C=O) groups is 1. The second kappa shape index (κ2) is 8.26. The fourth-order valence-corrected chi connectivity index (χ4v) is 4.47. The molecule has 2 saturated heterocycles. The van der Waals surface area contributed by atoms with E-state index in [1.807, 2.05) is 0 Å². The molecule has 3 atom stereocenters. The number of nitrogens with zero attached hydrogens (tertiary/aromatic N) is 4. The lowest BCUT2D eigenvalue weighted by Crippen LogP contribution is -2.56. The van der Waals surface area contributed by atoms with Crippen LogP contribution >= 0.6 is 11.6 Å². The van der Waals surface area contributed by atoms with Gasteiger partial charge >= 0.3 is 6.09 Å². The Balaban J connectivity index is 1.90. The minimum atomic E-state index is -3.01. The molecule has 0 radical (unpaired) electrons. The Morgan fingerprint density at radius 1 is 1.47 bits per heavy atom. The Hall–Kier alpha value is -2.00. The van der Waals surface area contributed by atoms with E-state index >= 15 is 0 Å². The lowest BCUT2D eigenvalue weighted by atomic mass is 9.95. The number of hydrogen-bond donors (Lipinski definition) is 1.